The Morgan fingerprint density at radius 1 is 1.31 bits per heavy atom. The monoisotopic (exact) mass is 454 g/mol. The third-order valence-corrected chi connectivity index (χ3v) is 7.41. The highest BCUT2D eigenvalue weighted by Crippen LogP contribution is 2.66. The van der Waals surface area contributed by atoms with Gasteiger partial charge in [0.05, 0.1) is 15.8 Å². The van der Waals surface area contributed by atoms with E-state index >= 15 is 0 Å². The van der Waals surface area contributed by atoms with Crippen molar-refractivity contribution in [1.29, 1.82) is 5.26 Å². The SMILES string of the molecule is C[C@@]1(c2cc(Nc3nccc4cc(C#N)cnc34)cc(F)c2F)N=C(N)S[C@@]2(CF)C[C@H]21. The average molecular weight is 454 g/mol. The molecular formula is C22H17F3N6S. The standard InChI is InChI=1S/C22H17F3N6S/c1-21(16-7-22(16,10-23)32-20(27)31-21)14-5-13(6-15(24)17(14)25)30-19-18-12(2-3-28-19)4-11(8-26)9-29-18/h2-6,9,16H,7,10H2,1H3,(H2,27,31)(H,28,30)/t16-,21-,22+/m0/s1. The van der Waals surface area contributed by atoms with E-state index in [1.54, 1.807) is 19.1 Å². The number of aliphatic imine (C=N–C) groups is 1. The van der Waals surface area contributed by atoms with E-state index in [2.05, 4.69) is 20.3 Å². The Balaban J connectivity index is 1.58. The van der Waals surface area contributed by atoms with Gasteiger partial charge in [-0.1, -0.05) is 11.8 Å². The average Bonchev–Trinajstić information content (AvgIpc) is 3.51. The fraction of sp³-hybridized carbons (Fsp3) is 0.273. The Bertz CT molecular complexity index is 1340. The van der Waals surface area contributed by atoms with E-state index in [4.69, 9.17) is 11.0 Å². The molecule has 3 aromatic rings. The minimum Gasteiger partial charge on any atom is -0.378 e. The number of nitriles is 1. The largest absolute Gasteiger partial charge is 0.378 e. The topological polar surface area (TPSA) is 100.0 Å². The molecule has 1 aliphatic heterocycles. The molecule has 32 heavy (non-hydrogen) atoms. The maximum atomic E-state index is 15.0. The fourth-order valence-corrected chi connectivity index (χ4v) is 5.78. The van der Waals surface area contributed by atoms with Crippen molar-refractivity contribution in [3.8, 4) is 6.07 Å². The van der Waals surface area contributed by atoms with Crippen molar-refractivity contribution < 1.29 is 13.2 Å². The van der Waals surface area contributed by atoms with Crippen LogP contribution in [0, 0.1) is 28.9 Å². The molecule has 1 aliphatic carbocycles. The van der Waals surface area contributed by atoms with E-state index in [0.717, 1.165) is 17.8 Å². The number of nitrogens with two attached hydrogens (primary N) is 1. The number of halogens is 3. The summed E-state index contributed by atoms with van der Waals surface area (Å²) in [5, 5.41) is 12.9. The lowest BCUT2D eigenvalue weighted by Gasteiger charge is -2.33. The molecule has 0 unspecified atom stereocenters. The van der Waals surface area contributed by atoms with Gasteiger partial charge in [0.2, 0.25) is 0 Å². The Morgan fingerprint density at radius 3 is 2.88 bits per heavy atom. The van der Waals surface area contributed by atoms with Crippen molar-refractivity contribution in [2.75, 3.05) is 12.0 Å². The zero-order chi connectivity index (χ0) is 22.7. The van der Waals surface area contributed by atoms with E-state index in [1.807, 2.05) is 6.07 Å². The summed E-state index contributed by atoms with van der Waals surface area (Å²) in [6.07, 6.45) is 3.41. The first-order chi connectivity index (χ1) is 15.3. The van der Waals surface area contributed by atoms with Crippen LogP contribution in [0.15, 0.2) is 41.7 Å². The molecule has 6 nitrogen and oxygen atoms in total. The normalized spacial score (nSPS) is 26.2. The quantitative estimate of drug-likeness (QED) is 0.601. The number of aromatic nitrogens is 2. The molecule has 10 heteroatoms. The summed E-state index contributed by atoms with van der Waals surface area (Å²) in [5.74, 6) is -2.09. The summed E-state index contributed by atoms with van der Waals surface area (Å²) in [4.78, 5) is 12.9. The van der Waals surface area contributed by atoms with Crippen molar-refractivity contribution in [3.05, 3.63) is 59.4 Å². The van der Waals surface area contributed by atoms with Gasteiger partial charge < -0.3 is 11.1 Å². The molecule has 2 aliphatic rings. The number of hydrogen-bond acceptors (Lipinski definition) is 7. The van der Waals surface area contributed by atoms with Crippen LogP contribution in [-0.4, -0.2) is 26.6 Å². The Kier molecular flexibility index (Phi) is 4.57. The number of pyridine rings is 2. The Hall–Kier alpha value is -3.32. The Labute approximate surface area is 185 Å². The van der Waals surface area contributed by atoms with Crippen LogP contribution >= 0.6 is 11.8 Å². The second-order valence-corrected chi connectivity index (χ2v) is 9.60. The minimum atomic E-state index is -1.20. The lowest BCUT2D eigenvalue weighted by Crippen LogP contribution is -2.37. The third kappa shape index (κ3) is 3.07. The third-order valence-electron chi connectivity index (χ3n) is 6.14. The molecule has 1 saturated carbocycles. The van der Waals surface area contributed by atoms with Gasteiger partial charge >= 0.3 is 0 Å². The lowest BCUT2D eigenvalue weighted by atomic mass is 9.85. The van der Waals surface area contributed by atoms with Crippen molar-refractivity contribution in [3.63, 3.8) is 0 Å². The van der Waals surface area contributed by atoms with Gasteiger partial charge in [-0.2, -0.15) is 5.26 Å². The van der Waals surface area contributed by atoms with Gasteiger partial charge in [-0.15, -0.1) is 0 Å². The first kappa shape index (κ1) is 20.6. The number of thioether (sulfide) groups is 1. The van der Waals surface area contributed by atoms with Gasteiger partial charge in [-0.3, -0.25) is 9.98 Å². The van der Waals surface area contributed by atoms with E-state index in [1.165, 1.54) is 18.5 Å². The molecule has 0 bridgehead atoms. The van der Waals surface area contributed by atoms with Crippen LogP contribution in [0.1, 0.15) is 24.5 Å². The number of rotatable bonds is 4. The van der Waals surface area contributed by atoms with Crippen LogP contribution in [0.2, 0.25) is 0 Å². The molecular weight excluding hydrogens is 437 g/mol. The molecule has 0 radical (unpaired) electrons. The van der Waals surface area contributed by atoms with Crippen LogP contribution in [0.4, 0.5) is 24.7 Å². The van der Waals surface area contributed by atoms with E-state index in [0.29, 0.717) is 28.7 Å². The number of alkyl halides is 1. The zero-order valence-electron chi connectivity index (χ0n) is 16.9. The smallest absolute Gasteiger partial charge is 0.164 e. The van der Waals surface area contributed by atoms with Crippen molar-refractivity contribution in [1.82, 2.24) is 9.97 Å². The minimum absolute atomic E-state index is 0.00328. The summed E-state index contributed by atoms with van der Waals surface area (Å²) in [5.41, 5.74) is 5.84. The molecule has 1 aromatic carbocycles. The first-order valence-electron chi connectivity index (χ1n) is 9.81. The van der Waals surface area contributed by atoms with Gasteiger partial charge in [-0.25, -0.2) is 18.2 Å². The summed E-state index contributed by atoms with van der Waals surface area (Å²) in [7, 11) is 0. The number of fused-ring (bicyclic) bond motifs is 2. The van der Waals surface area contributed by atoms with Crippen molar-refractivity contribution in [2.45, 2.75) is 23.6 Å². The van der Waals surface area contributed by atoms with E-state index in [9.17, 15) is 13.2 Å². The fourth-order valence-electron chi connectivity index (χ4n) is 4.45. The van der Waals surface area contributed by atoms with E-state index < -0.39 is 28.6 Å². The maximum Gasteiger partial charge on any atom is 0.164 e. The summed E-state index contributed by atoms with van der Waals surface area (Å²) < 4.78 is 42.6. The van der Waals surface area contributed by atoms with Crippen LogP contribution in [0.25, 0.3) is 10.9 Å². The molecule has 3 atom stereocenters. The molecule has 1 fully saturated rings. The first-order valence-corrected chi connectivity index (χ1v) is 10.6. The number of benzene rings is 1. The van der Waals surface area contributed by atoms with Gasteiger partial charge in [0.1, 0.15) is 18.3 Å². The molecule has 0 saturated heterocycles. The molecule has 5 rings (SSSR count). The summed E-state index contributed by atoms with van der Waals surface area (Å²) in [6.45, 7) is 1.04. The van der Waals surface area contributed by atoms with Gasteiger partial charge in [0.25, 0.3) is 0 Å². The maximum absolute atomic E-state index is 15.0. The number of amidine groups is 1. The number of hydrogen-bond donors (Lipinski definition) is 2. The van der Waals surface area contributed by atoms with Crippen LogP contribution in [0.3, 0.4) is 0 Å². The van der Waals surface area contributed by atoms with Gasteiger partial charge in [-0.05, 0) is 31.5 Å². The lowest BCUT2D eigenvalue weighted by molar-refractivity contribution is 0.357. The van der Waals surface area contributed by atoms with Crippen molar-refractivity contribution >= 4 is 39.3 Å². The highest BCUT2D eigenvalue weighted by Gasteiger charge is 2.66. The van der Waals surface area contributed by atoms with Crippen LogP contribution < -0.4 is 11.1 Å². The van der Waals surface area contributed by atoms with Gasteiger partial charge in [0.15, 0.2) is 22.6 Å². The highest BCUT2D eigenvalue weighted by molar-refractivity contribution is 8.15. The molecule has 0 amide bonds. The molecule has 2 aromatic heterocycles. The second kappa shape index (κ2) is 7.10. The summed E-state index contributed by atoms with van der Waals surface area (Å²) in [6, 6.07) is 7.86. The van der Waals surface area contributed by atoms with Crippen LogP contribution in [-0.2, 0) is 5.54 Å². The number of nitrogens with zero attached hydrogens (tertiary/aromatic N) is 4. The summed E-state index contributed by atoms with van der Waals surface area (Å²) >= 11 is 1.16. The predicted octanol–water partition coefficient (Wildman–Crippen LogP) is 4.53. The highest BCUT2D eigenvalue weighted by atomic mass is 32.2. The molecule has 3 heterocycles. The Morgan fingerprint density at radius 2 is 2.12 bits per heavy atom. The van der Waals surface area contributed by atoms with Crippen LogP contribution in [0.5, 0.6) is 0 Å². The zero-order valence-corrected chi connectivity index (χ0v) is 17.7. The molecule has 162 valence electrons. The molecule has 0 spiro atoms. The second-order valence-electron chi connectivity index (χ2n) is 8.17. The van der Waals surface area contributed by atoms with E-state index in [-0.39, 0.29) is 22.3 Å². The predicted molar refractivity (Wildman–Crippen MR) is 117 cm³/mol. The van der Waals surface area contributed by atoms with Gasteiger partial charge in [0, 0.05) is 41.0 Å². The molecule has 3 N–H and O–H groups in total. The number of nitrogens with one attached hydrogen (secondary N) is 1. The number of anilines is 2. The van der Waals surface area contributed by atoms with Crippen molar-refractivity contribution in [2.24, 2.45) is 16.6 Å².